The van der Waals surface area contributed by atoms with Gasteiger partial charge in [-0.05, 0) is 49.0 Å². The summed E-state index contributed by atoms with van der Waals surface area (Å²) in [5.74, 6) is 0.511. The summed E-state index contributed by atoms with van der Waals surface area (Å²) in [5.41, 5.74) is 0.950. The van der Waals surface area contributed by atoms with Gasteiger partial charge in [-0.15, -0.1) is 11.8 Å². The minimum absolute atomic E-state index is 0.0504. The lowest BCUT2D eigenvalue weighted by atomic mass is 10.1. The zero-order valence-electron chi connectivity index (χ0n) is 10.9. The zero-order valence-corrected chi connectivity index (χ0v) is 13.2. The van der Waals surface area contributed by atoms with Crippen LogP contribution in [-0.2, 0) is 0 Å². The van der Waals surface area contributed by atoms with Crippen LogP contribution in [0.3, 0.4) is 0 Å². The summed E-state index contributed by atoms with van der Waals surface area (Å²) in [4.78, 5) is 0.892. The lowest BCUT2D eigenvalue weighted by Crippen LogP contribution is -2.19. The fourth-order valence-corrected chi connectivity index (χ4v) is 3.35. The third-order valence-corrected chi connectivity index (χ3v) is 4.56. The van der Waals surface area contributed by atoms with Crippen LogP contribution in [0.25, 0.3) is 0 Å². The van der Waals surface area contributed by atoms with Crippen molar-refractivity contribution in [2.75, 3.05) is 12.8 Å². The Hall–Kier alpha value is -0.740. The maximum atomic E-state index is 13.1. The van der Waals surface area contributed by atoms with E-state index in [-0.39, 0.29) is 11.9 Å². The first kappa shape index (κ1) is 15.6. The van der Waals surface area contributed by atoms with Crippen molar-refractivity contribution in [1.29, 1.82) is 0 Å². The quantitative estimate of drug-likeness (QED) is 0.758. The molecular weight excluding hydrogens is 316 g/mol. The topological polar surface area (TPSA) is 12.0 Å². The fourth-order valence-electron chi connectivity index (χ4n) is 1.85. The van der Waals surface area contributed by atoms with E-state index in [0.29, 0.717) is 10.0 Å². The second-order valence-corrected chi connectivity index (χ2v) is 6.21. The first-order valence-corrected chi connectivity index (χ1v) is 7.85. The molecule has 2 aromatic carbocycles. The Labute approximate surface area is 132 Å². The molecular formula is C15H14Cl2FNS. The second kappa shape index (κ2) is 7.32. The highest BCUT2D eigenvalue weighted by Gasteiger charge is 2.14. The van der Waals surface area contributed by atoms with Gasteiger partial charge in [-0.2, -0.15) is 0 Å². The molecule has 20 heavy (non-hydrogen) atoms. The molecule has 1 atom stereocenters. The van der Waals surface area contributed by atoms with E-state index < -0.39 is 0 Å². The minimum Gasteiger partial charge on any atom is -0.312 e. The van der Waals surface area contributed by atoms with Gasteiger partial charge in [0, 0.05) is 26.7 Å². The molecule has 0 aliphatic carbocycles. The highest BCUT2D eigenvalue weighted by molar-refractivity contribution is 7.99. The van der Waals surface area contributed by atoms with E-state index in [0.717, 1.165) is 16.2 Å². The number of nitrogens with one attached hydrogen (secondary N) is 1. The summed E-state index contributed by atoms with van der Waals surface area (Å²) in [5, 5.41) is 4.54. The molecule has 0 heterocycles. The number of hydrogen-bond donors (Lipinski definition) is 1. The van der Waals surface area contributed by atoms with Gasteiger partial charge in [0.25, 0.3) is 0 Å². The van der Waals surface area contributed by atoms with Crippen molar-refractivity contribution in [2.24, 2.45) is 0 Å². The molecule has 1 N–H and O–H groups in total. The molecule has 0 radical (unpaired) electrons. The molecule has 0 fully saturated rings. The molecule has 1 nitrogen and oxygen atoms in total. The zero-order chi connectivity index (χ0) is 14.5. The first-order chi connectivity index (χ1) is 9.60. The Bertz CT molecular complexity index is 592. The van der Waals surface area contributed by atoms with Gasteiger partial charge in [-0.1, -0.05) is 29.3 Å². The van der Waals surface area contributed by atoms with Crippen molar-refractivity contribution in [1.82, 2.24) is 5.32 Å². The van der Waals surface area contributed by atoms with Crippen LogP contribution in [0, 0.1) is 5.82 Å². The van der Waals surface area contributed by atoms with Crippen molar-refractivity contribution in [3.05, 3.63) is 63.9 Å². The standard InChI is InChI=1S/C15H14Cl2FNS/c1-19-15(13-7-10(16)5-6-14(13)17)9-20-12-4-2-3-11(18)8-12/h2-8,15,19H,9H2,1H3. The first-order valence-electron chi connectivity index (χ1n) is 6.10. The van der Waals surface area contributed by atoms with Gasteiger partial charge in [0.1, 0.15) is 5.82 Å². The summed E-state index contributed by atoms with van der Waals surface area (Å²) in [6.07, 6.45) is 0. The summed E-state index contributed by atoms with van der Waals surface area (Å²) in [7, 11) is 1.87. The summed E-state index contributed by atoms with van der Waals surface area (Å²) < 4.78 is 13.1. The molecule has 0 amide bonds. The third-order valence-electron chi connectivity index (χ3n) is 2.89. The van der Waals surface area contributed by atoms with E-state index in [9.17, 15) is 4.39 Å². The molecule has 0 aromatic heterocycles. The average Bonchev–Trinajstić information content (AvgIpc) is 2.43. The number of benzene rings is 2. The van der Waals surface area contributed by atoms with Crippen molar-refractivity contribution >= 4 is 35.0 Å². The van der Waals surface area contributed by atoms with Gasteiger partial charge < -0.3 is 5.32 Å². The van der Waals surface area contributed by atoms with Gasteiger partial charge in [0.2, 0.25) is 0 Å². The molecule has 106 valence electrons. The maximum absolute atomic E-state index is 13.1. The van der Waals surface area contributed by atoms with Crippen LogP contribution in [0.1, 0.15) is 11.6 Å². The van der Waals surface area contributed by atoms with Gasteiger partial charge in [0.15, 0.2) is 0 Å². The highest BCUT2D eigenvalue weighted by Crippen LogP contribution is 2.30. The molecule has 5 heteroatoms. The molecule has 2 aromatic rings. The van der Waals surface area contributed by atoms with Crippen LogP contribution in [0.15, 0.2) is 47.4 Å². The molecule has 0 saturated carbocycles. The molecule has 0 aliphatic heterocycles. The average molecular weight is 330 g/mol. The lowest BCUT2D eigenvalue weighted by Gasteiger charge is -2.18. The van der Waals surface area contributed by atoms with E-state index in [1.807, 2.05) is 19.2 Å². The van der Waals surface area contributed by atoms with E-state index in [1.54, 1.807) is 30.0 Å². The Kier molecular flexibility index (Phi) is 5.73. The minimum atomic E-state index is -0.225. The third kappa shape index (κ3) is 4.13. The highest BCUT2D eigenvalue weighted by atomic mass is 35.5. The van der Waals surface area contributed by atoms with Crippen molar-refractivity contribution in [2.45, 2.75) is 10.9 Å². The summed E-state index contributed by atoms with van der Waals surface area (Å²) in [6, 6.07) is 12.0. The molecule has 1 unspecified atom stereocenters. The number of thioether (sulfide) groups is 1. The Balaban J connectivity index is 2.11. The van der Waals surface area contributed by atoms with Crippen LogP contribution >= 0.6 is 35.0 Å². The maximum Gasteiger partial charge on any atom is 0.124 e. The van der Waals surface area contributed by atoms with Gasteiger partial charge in [-0.25, -0.2) is 4.39 Å². The number of rotatable bonds is 5. The van der Waals surface area contributed by atoms with Crippen LogP contribution in [0.5, 0.6) is 0 Å². The lowest BCUT2D eigenvalue weighted by molar-refractivity contribution is 0.624. The predicted molar refractivity (Wildman–Crippen MR) is 85.4 cm³/mol. The Morgan fingerprint density at radius 2 is 2.00 bits per heavy atom. The largest absolute Gasteiger partial charge is 0.312 e. The summed E-state index contributed by atoms with van der Waals surface area (Å²) in [6.45, 7) is 0. The Morgan fingerprint density at radius 1 is 1.20 bits per heavy atom. The van der Waals surface area contributed by atoms with Gasteiger partial charge in [-0.3, -0.25) is 0 Å². The second-order valence-electron chi connectivity index (χ2n) is 4.28. The normalized spacial score (nSPS) is 12.4. The predicted octanol–water partition coefficient (Wildman–Crippen LogP) is 5.19. The van der Waals surface area contributed by atoms with Crippen molar-refractivity contribution in [3.63, 3.8) is 0 Å². The molecule has 0 aliphatic rings. The summed E-state index contributed by atoms with van der Waals surface area (Å²) >= 11 is 13.8. The van der Waals surface area contributed by atoms with Crippen LogP contribution in [-0.4, -0.2) is 12.8 Å². The SMILES string of the molecule is CNC(CSc1cccc(F)c1)c1cc(Cl)ccc1Cl. The molecule has 0 bridgehead atoms. The van der Waals surface area contributed by atoms with E-state index in [2.05, 4.69) is 5.32 Å². The van der Waals surface area contributed by atoms with Crippen molar-refractivity contribution < 1.29 is 4.39 Å². The van der Waals surface area contributed by atoms with E-state index in [4.69, 9.17) is 23.2 Å². The van der Waals surface area contributed by atoms with E-state index in [1.165, 1.54) is 12.1 Å². The number of halogens is 3. The van der Waals surface area contributed by atoms with Crippen LogP contribution in [0.4, 0.5) is 4.39 Å². The van der Waals surface area contributed by atoms with Gasteiger partial charge >= 0.3 is 0 Å². The van der Waals surface area contributed by atoms with Crippen LogP contribution < -0.4 is 5.32 Å². The number of hydrogen-bond acceptors (Lipinski definition) is 2. The molecule has 0 saturated heterocycles. The monoisotopic (exact) mass is 329 g/mol. The van der Waals surface area contributed by atoms with Crippen molar-refractivity contribution in [3.8, 4) is 0 Å². The smallest absolute Gasteiger partial charge is 0.124 e. The molecule has 2 rings (SSSR count). The Morgan fingerprint density at radius 3 is 2.70 bits per heavy atom. The van der Waals surface area contributed by atoms with Gasteiger partial charge in [0.05, 0.1) is 0 Å². The molecule has 0 spiro atoms. The van der Waals surface area contributed by atoms with E-state index >= 15 is 0 Å². The fraction of sp³-hybridized carbons (Fsp3) is 0.200. The van der Waals surface area contributed by atoms with Crippen LogP contribution in [0.2, 0.25) is 10.0 Å².